The van der Waals surface area contributed by atoms with E-state index in [2.05, 4.69) is 9.64 Å². The zero-order valence-corrected chi connectivity index (χ0v) is 9.99. The Labute approximate surface area is 91.3 Å². The van der Waals surface area contributed by atoms with Gasteiger partial charge in [0.25, 0.3) is 0 Å². The fraction of sp³-hybridized carbons (Fsp3) is 0.900. The van der Waals surface area contributed by atoms with Crippen molar-refractivity contribution in [3.05, 3.63) is 0 Å². The second-order valence-electron chi connectivity index (χ2n) is 3.12. The minimum atomic E-state index is -0.248. The molecule has 0 spiro atoms. The van der Waals surface area contributed by atoms with Gasteiger partial charge in [-0.25, -0.2) is 0 Å². The maximum absolute atomic E-state index is 10.9. The van der Waals surface area contributed by atoms with Crippen LogP contribution >= 0.6 is 0 Å². The van der Waals surface area contributed by atoms with Crippen LogP contribution < -0.4 is 0 Å². The molecule has 5 heteroatoms. The van der Waals surface area contributed by atoms with E-state index in [1.165, 1.54) is 7.11 Å². The van der Waals surface area contributed by atoms with Crippen molar-refractivity contribution in [2.75, 3.05) is 41.0 Å². The predicted molar refractivity (Wildman–Crippen MR) is 56.6 cm³/mol. The summed E-state index contributed by atoms with van der Waals surface area (Å²) >= 11 is 0. The summed E-state index contributed by atoms with van der Waals surface area (Å²) in [5.41, 5.74) is 0. The van der Waals surface area contributed by atoms with Crippen molar-refractivity contribution >= 4 is 5.97 Å². The highest BCUT2D eigenvalue weighted by Crippen LogP contribution is 1.99. The van der Waals surface area contributed by atoms with Crippen LogP contribution in [0.15, 0.2) is 0 Å². The molecule has 0 amide bonds. The third-order valence-electron chi connectivity index (χ3n) is 2.24. The van der Waals surface area contributed by atoms with Crippen molar-refractivity contribution in [3.63, 3.8) is 0 Å². The molecule has 0 aliphatic rings. The molecule has 0 saturated carbocycles. The second kappa shape index (κ2) is 8.64. The summed E-state index contributed by atoms with van der Waals surface area (Å²) in [6.45, 7) is 4.19. The molecule has 5 nitrogen and oxygen atoms in total. The number of carbonyl (C=O) groups is 1. The highest BCUT2D eigenvalue weighted by Gasteiger charge is 2.12. The second-order valence-corrected chi connectivity index (χ2v) is 3.12. The average molecular weight is 219 g/mol. The Kier molecular flexibility index (Phi) is 8.27. The first-order valence-electron chi connectivity index (χ1n) is 5.02. The summed E-state index contributed by atoms with van der Waals surface area (Å²) in [6.07, 6.45) is 0.146. The third kappa shape index (κ3) is 6.43. The average Bonchev–Trinajstić information content (AvgIpc) is 2.29. The van der Waals surface area contributed by atoms with Gasteiger partial charge in [-0.2, -0.15) is 0 Å². The maximum atomic E-state index is 10.9. The lowest BCUT2D eigenvalue weighted by Crippen LogP contribution is -2.35. The molecule has 0 heterocycles. The first-order valence-corrected chi connectivity index (χ1v) is 5.02. The first-order chi connectivity index (χ1) is 7.17. The van der Waals surface area contributed by atoms with E-state index in [4.69, 9.17) is 9.47 Å². The lowest BCUT2D eigenvalue weighted by atomic mass is 10.3. The molecular weight excluding hydrogens is 198 g/mol. The largest absolute Gasteiger partial charge is 0.469 e. The van der Waals surface area contributed by atoms with Crippen molar-refractivity contribution in [2.24, 2.45) is 0 Å². The number of esters is 1. The number of hydrogen-bond acceptors (Lipinski definition) is 5. The van der Waals surface area contributed by atoms with Gasteiger partial charge in [-0.3, -0.25) is 9.69 Å². The Bertz CT molecular complexity index is 171. The zero-order valence-electron chi connectivity index (χ0n) is 9.99. The Morgan fingerprint density at radius 3 is 2.27 bits per heavy atom. The molecule has 0 saturated heterocycles. The van der Waals surface area contributed by atoms with Gasteiger partial charge in [0.1, 0.15) is 0 Å². The SMILES string of the molecule is CCN(CCC(=O)OC)CC(OC)OC. The van der Waals surface area contributed by atoms with E-state index in [0.717, 1.165) is 6.54 Å². The summed E-state index contributed by atoms with van der Waals surface area (Å²) in [6, 6.07) is 0. The van der Waals surface area contributed by atoms with Gasteiger partial charge in [0.15, 0.2) is 6.29 Å². The number of ether oxygens (including phenoxy) is 3. The van der Waals surface area contributed by atoms with Gasteiger partial charge in [0.2, 0.25) is 0 Å². The highest BCUT2D eigenvalue weighted by atomic mass is 16.7. The molecule has 0 aromatic rings. The van der Waals surface area contributed by atoms with Crippen LogP contribution in [0, 0.1) is 0 Å². The van der Waals surface area contributed by atoms with E-state index in [0.29, 0.717) is 19.5 Å². The number of carbonyl (C=O) groups excluding carboxylic acids is 1. The van der Waals surface area contributed by atoms with E-state index in [9.17, 15) is 4.79 Å². The minimum absolute atomic E-state index is 0.195. The van der Waals surface area contributed by atoms with Crippen molar-refractivity contribution in [1.82, 2.24) is 4.90 Å². The number of nitrogens with zero attached hydrogens (tertiary/aromatic N) is 1. The van der Waals surface area contributed by atoms with Crippen LogP contribution in [0.2, 0.25) is 0 Å². The van der Waals surface area contributed by atoms with Crippen LogP contribution in [0.5, 0.6) is 0 Å². The minimum Gasteiger partial charge on any atom is -0.469 e. The third-order valence-corrected chi connectivity index (χ3v) is 2.24. The molecule has 0 rings (SSSR count). The van der Waals surface area contributed by atoms with Gasteiger partial charge in [-0.05, 0) is 6.54 Å². The highest BCUT2D eigenvalue weighted by molar-refractivity contribution is 5.69. The predicted octanol–water partition coefficient (Wildman–Crippen LogP) is 0.490. The van der Waals surface area contributed by atoms with E-state index in [1.54, 1.807) is 14.2 Å². The van der Waals surface area contributed by atoms with E-state index in [-0.39, 0.29) is 12.3 Å². The smallest absolute Gasteiger partial charge is 0.306 e. The van der Waals surface area contributed by atoms with Crippen molar-refractivity contribution < 1.29 is 19.0 Å². The quantitative estimate of drug-likeness (QED) is 0.439. The topological polar surface area (TPSA) is 48.0 Å². The molecule has 0 atom stereocenters. The van der Waals surface area contributed by atoms with Crippen molar-refractivity contribution in [3.8, 4) is 0 Å². The lowest BCUT2D eigenvalue weighted by Gasteiger charge is -2.24. The zero-order chi connectivity index (χ0) is 11.7. The summed E-state index contributed by atoms with van der Waals surface area (Å²) < 4.78 is 14.7. The molecule has 0 fully saturated rings. The van der Waals surface area contributed by atoms with Crippen molar-refractivity contribution in [2.45, 2.75) is 19.6 Å². The Balaban J connectivity index is 3.86. The lowest BCUT2D eigenvalue weighted by molar-refractivity contribution is -0.142. The standard InChI is InChI=1S/C10H21NO4/c1-5-11(7-6-9(12)13-2)8-10(14-3)15-4/h10H,5-8H2,1-4H3. The molecule has 0 radical (unpaired) electrons. The monoisotopic (exact) mass is 219 g/mol. The summed E-state index contributed by atoms with van der Waals surface area (Å²) in [5, 5.41) is 0. The van der Waals surface area contributed by atoms with E-state index in [1.807, 2.05) is 6.92 Å². The molecule has 0 aromatic heterocycles. The molecule has 0 aliphatic heterocycles. The van der Waals surface area contributed by atoms with Crippen LogP contribution in [0.3, 0.4) is 0 Å². The molecule has 90 valence electrons. The van der Waals surface area contributed by atoms with Crippen LogP contribution in [0.25, 0.3) is 0 Å². The molecular formula is C10H21NO4. The summed E-state index contributed by atoms with van der Waals surface area (Å²) in [5.74, 6) is -0.195. The normalized spacial score (nSPS) is 11.1. The Morgan fingerprint density at radius 1 is 1.27 bits per heavy atom. The van der Waals surface area contributed by atoms with Crippen LogP contribution in [-0.4, -0.2) is 58.1 Å². The molecule has 0 aliphatic carbocycles. The van der Waals surface area contributed by atoms with Gasteiger partial charge in [0.05, 0.1) is 13.5 Å². The number of methoxy groups -OCH3 is 3. The van der Waals surface area contributed by atoms with Crippen molar-refractivity contribution in [1.29, 1.82) is 0 Å². The fourth-order valence-corrected chi connectivity index (χ4v) is 1.19. The van der Waals surface area contributed by atoms with Gasteiger partial charge in [-0.15, -0.1) is 0 Å². The maximum Gasteiger partial charge on any atom is 0.306 e. The molecule has 0 bridgehead atoms. The number of rotatable bonds is 8. The van der Waals surface area contributed by atoms with Crippen LogP contribution in [0.1, 0.15) is 13.3 Å². The molecule has 0 unspecified atom stereocenters. The molecule has 0 aromatic carbocycles. The van der Waals surface area contributed by atoms with E-state index >= 15 is 0 Å². The van der Waals surface area contributed by atoms with Crippen LogP contribution in [-0.2, 0) is 19.0 Å². The van der Waals surface area contributed by atoms with Gasteiger partial charge < -0.3 is 14.2 Å². The van der Waals surface area contributed by atoms with E-state index < -0.39 is 0 Å². The van der Waals surface area contributed by atoms with Crippen LogP contribution in [0.4, 0.5) is 0 Å². The number of hydrogen-bond donors (Lipinski definition) is 0. The van der Waals surface area contributed by atoms with Gasteiger partial charge in [-0.1, -0.05) is 6.92 Å². The summed E-state index contributed by atoms with van der Waals surface area (Å²) in [4.78, 5) is 13.0. The Morgan fingerprint density at radius 2 is 1.87 bits per heavy atom. The van der Waals surface area contributed by atoms with Gasteiger partial charge in [0, 0.05) is 27.3 Å². The Hall–Kier alpha value is -0.650. The number of likely N-dealkylation sites (N-methyl/N-ethyl adjacent to an activating group) is 1. The molecule has 0 N–H and O–H groups in total. The fourth-order valence-electron chi connectivity index (χ4n) is 1.19. The molecule has 15 heavy (non-hydrogen) atoms. The summed E-state index contributed by atoms with van der Waals surface area (Å²) in [7, 11) is 4.59. The first kappa shape index (κ1) is 14.3. The van der Waals surface area contributed by atoms with Gasteiger partial charge >= 0.3 is 5.97 Å².